The minimum absolute atomic E-state index is 0.00961. The van der Waals surface area contributed by atoms with E-state index in [2.05, 4.69) is 19.9 Å². The molecule has 1 fully saturated rings. The van der Waals surface area contributed by atoms with Crippen LogP contribution >= 0.6 is 11.6 Å². The van der Waals surface area contributed by atoms with Crippen molar-refractivity contribution in [1.82, 2.24) is 24.1 Å². The lowest BCUT2D eigenvalue weighted by Gasteiger charge is -2.33. The molecule has 0 amide bonds. The van der Waals surface area contributed by atoms with Crippen LogP contribution < -0.4 is 0 Å². The molecule has 3 aromatic heterocycles. The van der Waals surface area contributed by atoms with E-state index in [1.165, 1.54) is 22.8 Å². The van der Waals surface area contributed by atoms with Gasteiger partial charge in [-0.2, -0.15) is 0 Å². The Kier molecular flexibility index (Phi) is 4.08. The Balaban J connectivity index is 1.72. The first-order valence-corrected chi connectivity index (χ1v) is 9.36. The van der Waals surface area contributed by atoms with Crippen molar-refractivity contribution in [3.05, 3.63) is 65.1 Å². The van der Waals surface area contributed by atoms with E-state index in [-0.39, 0.29) is 17.2 Å². The van der Waals surface area contributed by atoms with Gasteiger partial charge in [0.1, 0.15) is 11.5 Å². The van der Waals surface area contributed by atoms with E-state index >= 15 is 0 Å². The third-order valence-electron chi connectivity index (χ3n) is 5.17. The number of aliphatic hydroxyl groups excluding tert-OH is 1. The summed E-state index contributed by atoms with van der Waals surface area (Å²) in [6.45, 7) is 7.31. The van der Waals surface area contributed by atoms with Gasteiger partial charge in [0.05, 0.1) is 35.0 Å². The van der Waals surface area contributed by atoms with Crippen molar-refractivity contribution in [2.45, 2.75) is 25.0 Å². The molecule has 0 saturated heterocycles. The molecule has 0 spiro atoms. The van der Waals surface area contributed by atoms with Crippen molar-refractivity contribution in [3.63, 3.8) is 0 Å². The monoisotopic (exact) mass is 408 g/mol. The van der Waals surface area contributed by atoms with Gasteiger partial charge in [0.15, 0.2) is 0 Å². The molecule has 0 atom stereocenters. The molecule has 9 heteroatoms. The fourth-order valence-corrected chi connectivity index (χ4v) is 3.78. The number of rotatable bonds is 3. The van der Waals surface area contributed by atoms with Gasteiger partial charge in [-0.3, -0.25) is 0 Å². The summed E-state index contributed by atoms with van der Waals surface area (Å²) in [6, 6.07) is 8.13. The molecule has 7 nitrogen and oxygen atoms in total. The predicted molar refractivity (Wildman–Crippen MR) is 105 cm³/mol. The van der Waals surface area contributed by atoms with E-state index in [4.69, 9.17) is 18.2 Å². The molecule has 1 saturated carbocycles. The molecule has 0 unspecified atom stereocenters. The second-order valence-corrected chi connectivity index (χ2v) is 7.38. The zero-order valence-electron chi connectivity index (χ0n) is 15.0. The van der Waals surface area contributed by atoms with Crippen molar-refractivity contribution >= 4 is 23.1 Å². The number of hydrogen-bond donors (Lipinski definition) is 1. The van der Waals surface area contributed by atoms with Gasteiger partial charge < -0.3 is 14.5 Å². The van der Waals surface area contributed by atoms with Crippen LogP contribution in [-0.2, 0) is 0 Å². The van der Waals surface area contributed by atoms with Gasteiger partial charge in [-0.05, 0) is 37.1 Å². The molecular formula is C20H14ClFN6O. The Morgan fingerprint density at radius 2 is 2.03 bits per heavy atom. The maximum atomic E-state index is 13.7. The molecule has 144 valence electrons. The van der Waals surface area contributed by atoms with Crippen LogP contribution in [0.25, 0.3) is 33.1 Å². The highest BCUT2D eigenvalue weighted by molar-refractivity contribution is 6.31. The molecule has 1 aromatic carbocycles. The van der Waals surface area contributed by atoms with E-state index in [0.717, 1.165) is 5.69 Å². The van der Waals surface area contributed by atoms with Crippen molar-refractivity contribution in [3.8, 4) is 22.6 Å². The van der Waals surface area contributed by atoms with Crippen LogP contribution in [0.1, 0.15) is 18.9 Å². The van der Waals surface area contributed by atoms with Crippen LogP contribution in [0, 0.1) is 12.4 Å². The second-order valence-electron chi connectivity index (χ2n) is 6.97. The highest BCUT2D eigenvalue weighted by atomic mass is 35.5. The third kappa shape index (κ3) is 2.87. The summed E-state index contributed by atoms with van der Waals surface area (Å²) in [5.41, 5.74) is 3.13. The summed E-state index contributed by atoms with van der Waals surface area (Å²) < 4.78 is 17.1. The number of imidazole rings is 2. The molecule has 1 aliphatic rings. The summed E-state index contributed by atoms with van der Waals surface area (Å²) in [5.74, 6) is -0.198. The van der Waals surface area contributed by atoms with Gasteiger partial charge in [-0.25, -0.2) is 14.4 Å². The normalized spacial score (nSPS) is 18.6. The average molecular weight is 409 g/mol. The van der Waals surface area contributed by atoms with Crippen molar-refractivity contribution in [1.29, 1.82) is 0 Å². The highest BCUT2D eigenvalue weighted by Crippen LogP contribution is 2.40. The van der Waals surface area contributed by atoms with Gasteiger partial charge in [0, 0.05) is 17.7 Å². The number of aromatic nitrogens is 5. The van der Waals surface area contributed by atoms with Crippen molar-refractivity contribution in [2.75, 3.05) is 0 Å². The largest absolute Gasteiger partial charge is 0.393 e. The lowest BCUT2D eigenvalue weighted by molar-refractivity contribution is 0.0491. The molecule has 4 aromatic rings. The molecule has 5 rings (SSSR count). The summed E-state index contributed by atoms with van der Waals surface area (Å²) >= 11 is 5.99. The Bertz CT molecular complexity index is 1280. The number of hydrogen-bond acceptors (Lipinski definition) is 4. The van der Waals surface area contributed by atoms with Gasteiger partial charge in [-0.1, -0.05) is 23.3 Å². The topological polar surface area (TPSA) is 72.6 Å². The number of fused-ring (bicyclic) bond motifs is 1. The zero-order valence-corrected chi connectivity index (χ0v) is 15.8. The van der Waals surface area contributed by atoms with Crippen LogP contribution in [0.15, 0.2) is 42.9 Å². The molecule has 1 aliphatic carbocycles. The molecule has 3 heterocycles. The lowest BCUT2D eigenvalue weighted by Crippen LogP contribution is -2.30. The first kappa shape index (κ1) is 17.8. The minimum Gasteiger partial charge on any atom is -0.393 e. The number of benzene rings is 1. The van der Waals surface area contributed by atoms with Crippen LogP contribution in [0.3, 0.4) is 0 Å². The Hall–Kier alpha value is -3.28. The molecule has 1 N–H and O–H groups in total. The smallest absolute Gasteiger partial charge is 0.275 e. The van der Waals surface area contributed by atoms with Crippen LogP contribution in [0.4, 0.5) is 10.2 Å². The Morgan fingerprint density at radius 1 is 1.21 bits per heavy atom. The van der Waals surface area contributed by atoms with E-state index in [0.29, 0.717) is 41.3 Å². The van der Waals surface area contributed by atoms with Crippen LogP contribution in [0.5, 0.6) is 0 Å². The highest BCUT2D eigenvalue weighted by Gasteiger charge is 2.32. The molecule has 29 heavy (non-hydrogen) atoms. The fraction of sp³-hybridized carbons (Fsp3) is 0.200. The fourth-order valence-electron chi connectivity index (χ4n) is 3.60. The number of halogens is 2. The number of nitrogens with zero attached hydrogens (tertiary/aromatic N) is 6. The predicted octanol–water partition coefficient (Wildman–Crippen LogP) is 4.30. The summed E-state index contributed by atoms with van der Waals surface area (Å²) in [4.78, 5) is 12.2. The SMILES string of the molecule is [C-]#[N+]c1cnc2ccc(-c3c(-c4ccc(F)c(Cl)c4)ncn3C3CC(O)C3)nn12. The van der Waals surface area contributed by atoms with E-state index < -0.39 is 5.82 Å². The van der Waals surface area contributed by atoms with Gasteiger partial charge in [0.2, 0.25) is 5.65 Å². The molecule has 0 bridgehead atoms. The van der Waals surface area contributed by atoms with Gasteiger partial charge >= 0.3 is 0 Å². The van der Waals surface area contributed by atoms with Crippen molar-refractivity contribution in [2.24, 2.45) is 0 Å². The van der Waals surface area contributed by atoms with Crippen LogP contribution in [-0.4, -0.2) is 35.4 Å². The van der Waals surface area contributed by atoms with Crippen molar-refractivity contribution < 1.29 is 9.50 Å². The average Bonchev–Trinajstić information content (AvgIpc) is 3.31. The Labute approximate surface area is 169 Å². The minimum atomic E-state index is -0.502. The Morgan fingerprint density at radius 3 is 2.76 bits per heavy atom. The quantitative estimate of drug-likeness (QED) is 0.513. The zero-order chi connectivity index (χ0) is 20.1. The number of aliphatic hydroxyl groups is 1. The molecule has 0 aliphatic heterocycles. The lowest BCUT2D eigenvalue weighted by atomic mass is 9.89. The van der Waals surface area contributed by atoms with Crippen LogP contribution in [0.2, 0.25) is 5.02 Å². The first-order chi connectivity index (χ1) is 14.0. The summed E-state index contributed by atoms with van der Waals surface area (Å²) in [7, 11) is 0. The molecular weight excluding hydrogens is 395 g/mol. The van der Waals surface area contributed by atoms with E-state index in [1.54, 1.807) is 18.5 Å². The molecule has 0 radical (unpaired) electrons. The third-order valence-corrected chi connectivity index (χ3v) is 5.46. The van der Waals surface area contributed by atoms with E-state index in [9.17, 15) is 9.50 Å². The standard InChI is InChI=1S/C20H14ClFN6O/c1-23-18-9-24-17-5-4-16(26-28(17)18)20-19(11-2-3-15(22)14(21)6-11)25-10-27(20)12-7-13(29)8-12/h2-6,9-10,12-13,29H,7-8H2. The van der Waals surface area contributed by atoms with Gasteiger partial charge in [-0.15, -0.1) is 4.52 Å². The summed E-state index contributed by atoms with van der Waals surface area (Å²) in [6.07, 6.45) is 4.07. The first-order valence-electron chi connectivity index (χ1n) is 8.98. The van der Waals surface area contributed by atoms with Gasteiger partial charge in [0.25, 0.3) is 5.82 Å². The maximum Gasteiger partial charge on any atom is 0.275 e. The summed E-state index contributed by atoms with van der Waals surface area (Å²) in [5, 5.41) is 14.4. The second kappa shape index (κ2) is 6.65. The maximum absolute atomic E-state index is 13.7. The van der Waals surface area contributed by atoms with E-state index in [1.807, 2.05) is 10.6 Å².